The number of aromatic nitrogens is 2. The molecule has 1 aliphatic heterocycles. The van der Waals surface area contributed by atoms with Gasteiger partial charge in [0.1, 0.15) is 5.82 Å². The molecule has 0 fully saturated rings. The van der Waals surface area contributed by atoms with Gasteiger partial charge in [0.05, 0.1) is 11.4 Å². The first-order chi connectivity index (χ1) is 8.79. The standard InChI is InChI=1S/C15H19N3/c1-3-5-14-13-8-9-16-15(13)18(17-14)12-7-4-6-11(2)10-12/h4,6-7,10,16H,3,5,8-9H2,1-2H3. The molecule has 18 heavy (non-hydrogen) atoms. The molecule has 0 bridgehead atoms. The van der Waals surface area contributed by atoms with Crippen molar-refractivity contribution < 1.29 is 0 Å². The zero-order valence-corrected chi connectivity index (χ0v) is 11.0. The van der Waals surface area contributed by atoms with Crippen LogP contribution in [0.2, 0.25) is 0 Å². The van der Waals surface area contributed by atoms with Crippen LogP contribution in [0.4, 0.5) is 5.82 Å². The van der Waals surface area contributed by atoms with Crippen LogP contribution in [0.1, 0.15) is 30.2 Å². The Labute approximate surface area is 108 Å². The van der Waals surface area contributed by atoms with Gasteiger partial charge in [0.25, 0.3) is 0 Å². The number of nitrogens with one attached hydrogen (secondary N) is 1. The van der Waals surface area contributed by atoms with Crippen LogP contribution in [0.15, 0.2) is 24.3 Å². The predicted octanol–water partition coefficient (Wildman–Crippen LogP) is 3.10. The Hall–Kier alpha value is -1.77. The van der Waals surface area contributed by atoms with E-state index in [9.17, 15) is 0 Å². The summed E-state index contributed by atoms with van der Waals surface area (Å²) < 4.78 is 2.07. The Morgan fingerprint density at radius 1 is 1.39 bits per heavy atom. The molecule has 0 saturated carbocycles. The second kappa shape index (κ2) is 4.48. The molecule has 3 rings (SSSR count). The molecule has 0 atom stereocenters. The maximum absolute atomic E-state index is 4.79. The maximum Gasteiger partial charge on any atom is 0.133 e. The number of rotatable bonds is 3. The van der Waals surface area contributed by atoms with Gasteiger partial charge in [-0.3, -0.25) is 0 Å². The molecule has 94 valence electrons. The van der Waals surface area contributed by atoms with Crippen LogP contribution in [0, 0.1) is 6.92 Å². The lowest BCUT2D eigenvalue weighted by molar-refractivity contribution is 0.795. The van der Waals surface area contributed by atoms with Crippen LogP contribution >= 0.6 is 0 Å². The van der Waals surface area contributed by atoms with Crippen molar-refractivity contribution in [2.45, 2.75) is 33.1 Å². The molecule has 1 N–H and O–H groups in total. The zero-order chi connectivity index (χ0) is 12.5. The van der Waals surface area contributed by atoms with E-state index in [4.69, 9.17) is 5.10 Å². The van der Waals surface area contributed by atoms with E-state index in [1.165, 1.54) is 22.6 Å². The lowest BCUT2D eigenvalue weighted by Crippen LogP contribution is -2.05. The Morgan fingerprint density at radius 3 is 3.06 bits per heavy atom. The maximum atomic E-state index is 4.79. The molecular formula is C15H19N3. The zero-order valence-electron chi connectivity index (χ0n) is 11.0. The molecule has 0 amide bonds. The third-order valence-electron chi connectivity index (χ3n) is 3.47. The van der Waals surface area contributed by atoms with Crippen molar-refractivity contribution in [3.63, 3.8) is 0 Å². The van der Waals surface area contributed by atoms with E-state index in [0.717, 1.165) is 31.5 Å². The second-order valence-corrected chi connectivity index (χ2v) is 4.95. The highest BCUT2D eigenvalue weighted by atomic mass is 15.3. The van der Waals surface area contributed by atoms with Crippen molar-refractivity contribution in [2.75, 3.05) is 11.9 Å². The monoisotopic (exact) mass is 241 g/mol. The Morgan fingerprint density at radius 2 is 2.28 bits per heavy atom. The summed E-state index contributed by atoms with van der Waals surface area (Å²) in [6, 6.07) is 8.51. The summed E-state index contributed by atoms with van der Waals surface area (Å²) in [6.07, 6.45) is 3.33. The molecule has 2 heterocycles. The van der Waals surface area contributed by atoms with Crippen LogP contribution < -0.4 is 5.32 Å². The highest BCUT2D eigenvalue weighted by Gasteiger charge is 2.22. The van der Waals surface area contributed by atoms with Crippen LogP contribution in [0.3, 0.4) is 0 Å². The third-order valence-corrected chi connectivity index (χ3v) is 3.47. The average molecular weight is 241 g/mol. The lowest BCUT2D eigenvalue weighted by atomic mass is 10.1. The summed E-state index contributed by atoms with van der Waals surface area (Å²) in [5.41, 5.74) is 5.10. The summed E-state index contributed by atoms with van der Waals surface area (Å²) in [6.45, 7) is 5.36. The Kier molecular flexibility index (Phi) is 2.82. The van der Waals surface area contributed by atoms with Crippen molar-refractivity contribution in [1.29, 1.82) is 0 Å². The normalized spacial score (nSPS) is 13.4. The summed E-state index contributed by atoms with van der Waals surface area (Å²) >= 11 is 0. The van der Waals surface area contributed by atoms with E-state index < -0.39 is 0 Å². The molecule has 3 nitrogen and oxygen atoms in total. The quantitative estimate of drug-likeness (QED) is 0.895. The topological polar surface area (TPSA) is 29.9 Å². The van der Waals surface area contributed by atoms with Crippen LogP contribution in [0.5, 0.6) is 0 Å². The highest BCUT2D eigenvalue weighted by molar-refractivity contribution is 5.57. The van der Waals surface area contributed by atoms with Crippen LogP contribution in [-0.2, 0) is 12.8 Å². The molecule has 1 aromatic carbocycles. The Bertz CT molecular complexity index is 569. The van der Waals surface area contributed by atoms with Gasteiger partial charge in [-0.25, -0.2) is 4.68 Å². The van der Waals surface area contributed by atoms with E-state index >= 15 is 0 Å². The van der Waals surface area contributed by atoms with Gasteiger partial charge in [0.2, 0.25) is 0 Å². The summed E-state index contributed by atoms with van der Waals surface area (Å²) in [4.78, 5) is 0. The number of hydrogen-bond donors (Lipinski definition) is 1. The summed E-state index contributed by atoms with van der Waals surface area (Å²) in [7, 11) is 0. The first-order valence-corrected chi connectivity index (χ1v) is 6.71. The minimum Gasteiger partial charge on any atom is -0.369 e. The minimum absolute atomic E-state index is 1.04. The van der Waals surface area contributed by atoms with Crippen LogP contribution in [0.25, 0.3) is 5.69 Å². The molecule has 0 saturated heterocycles. The van der Waals surface area contributed by atoms with Crippen molar-refractivity contribution in [1.82, 2.24) is 9.78 Å². The number of anilines is 1. The van der Waals surface area contributed by atoms with Crippen molar-refractivity contribution >= 4 is 5.82 Å². The van der Waals surface area contributed by atoms with E-state index in [1.807, 2.05) is 0 Å². The van der Waals surface area contributed by atoms with Gasteiger partial charge in [0, 0.05) is 12.1 Å². The van der Waals surface area contributed by atoms with Crippen molar-refractivity contribution in [3.05, 3.63) is 41.1 Å². The summed E-state index contributed by atoms with van der Waals surface area (Å²) in [5, 5.41) is 8.25. The molecule has 2 aromatic rings. The molecular weight excluding hydrogens is 222 g/mol. The van der Waals surface area contributed by atoms with Gasteiger partial charge in [-0.05, 0) is 37.5 Å². The highest BCUT2D eigenvalue weighted by Crippen LogP contribution is 2.29. The smallest absolute Gasteiger partial charge is 0.133 e. The van der Waals surface area contributed by atoms with Gasteiger partial charge in [-0.2, -0.15) is 5.10 Å². The number of benzene rings is 1. The van der Waals surface area contributed by atoms with Crippen molar-refractivity contribution in [3.8, 4) is 5.69 Å². The fraction of sp³-hybridized carbons (Fsp3) is 0.400. The lowest BCUT2D eigenvalue weighted by Gasteiger charge is -2.07. The number of fused-ring (bicyclic) bond motifs is 1. The number of hydrogen-bond acceptors (Lipinski definition) is 2. The molecule has 0 aliphatic carbocycles. The SMILES string of the molecule is CCCc1nn(-c2cccc(C)c2)c2c1CCN2. The van der Waals surface area contributed by atoms with Gasteiger partial charge in [-0.15, -0.1) is 0 Å². The van der Waals surface area contributed by atoms with E-state index in [1.54, 1.807) is 0 Å². The fourth-order valence-corrected chi connectivity index (χ4v) is 2.63. The first-order valence-electron chi connectivity index (χ1n) is 6.71. The fourth-order valence-electron chi connectivity index (χ4n) is 2.63. The minimum atomic E-state index is 1.04. The Balaban J connectivity index is 2.10. The second-order valence-electron chi connectivity index (χ2n) is 4.95. The van der Waals surface area contributed by atoms with Crippen LogP contribution in [-0.4, -0.2) is 16.3 Å². The van der Waals surface area contributed by atoms with Gasteiger partial charge >= 0.3 is 0 Å². The molecule has 0 spiro atoms. The molecule has 0 radical (unpaired) electrons. The molecule has 1 aromatic heterocycles. The molecule has 1 aliphatic rings. The van der Waals surface area contributed by atoms with E-state index in [2.05, 4.69) is 48.1 Å². The van der Waals surface area contributed by atoms with E-state index in [-0.39, 0.29) is 0 Å². The van der Waals surface area contributed by atoms with Gasteiger partial charge < -0.3 is 5.32 Å². The number of nitrogens with zero attached hydrogens (tertiary/aromatic N) is 2. The van der Waals surface area contributed by atoms with Crippen molar-refractivity contribution in [2.24, 2.45) is 0 Å². The predicted molar refractivity (Wildman–Crippen MR) is 74.5 cm³/mol. The largest absolute Gasteiger partial charge is 0.369 e. The molecule has 0 unspecified atom stereocenters. The van der Waals surface area contributed by atoms with E-state index in [0.29, 0.717) is 0 Å². The number of aryl methyl sites for hydroxylation is 2. The third kappa shape index (κ3) is 1.80. The summed E-state index contributed by atoms with van der Waals surface area (Å²) in [5.74, 6) is 1.20. The first kappa shape index (κ1) is 11.3. The average Bonchev–Trinajstić information content (AvgIpc) is 2.93. The van der Waals surface area contributed by atoms with Gasteiger partial charge in [0.15, 0.2) is 0 Å². The van der Waals surface area contributed by atoms with Gasteiger partial charge in [-0.1, -0.05) is 25.5 Å². The molecule has 3 heteroatoms.